The van der Waals surface area contributed by atoms with Crippen molar-refractivity contribution in [1.82, 2.24) is 9.88 Å². The maximum absolute atomic E-state index is 12.1. The highest BCUT2D eigenvalue weighted by Gasteiger charge is 2.31. The molecule has 1 saturated heterocycles. The Morgan fingerprint density at radius 3 is 2.74 bits per heavy atom. The number of thiazole rings is 1. The largest absolute Gasteiger partial charge is 0.345 e. The lowest BCUT2D eigenvalue weighted by Gasteiger charge is -2.35. The van der Waals surface area contributed by atoms with Gasteiger partial charge in [-0.25, -0.2) is 4.98 Å². The Morgan fingerprint density at radius 1 is 1.42 bits per heavy atom. The summed E-state index contributed by atoms with van der Waals surface area (Å²) in [5.74, 6) is 0.818. The molecule has 3 rings (SSSR count). The summed E-state index contributed by atoms with van der Waals surface area (Å²) in [6, 6.07) is 0.0736. The van der Waals surface area contributed by atoms with Gasteiger partial charge in [-0.15, -0.1) is 11.3 Å². The quantitative estimate of drug-likeness (QED) is 0.891. The second kappa shape index (κ2) is 5.46. The van der Waals surface area contributed by atoms with Gasteiger partial charge in [0.2, 0.25) is 5.91 Å². The van der Waals surface area contributed by atoms with Crippen molar-refractivity contribution in [2.45, 2.75) is 25.3 Å². The number of hydrogen-bond acceptors (Lipinski definition) is 5. The molecule has 1 saturated carbocycles. The zero-order valence-electron chi connectivity index (χ0n) is 11.0. The van der Waals surface area contributed by atoms with Crippen molar-refractivity contribution in [2.75, 3.05) is 31.1 Å². The van der Waals surface area contributed by atoms with Crippen LogP contribution in [0.1, 0.15) is 19.3 Å². The lowest BCUT2D eigenvalue weighted by molar-refractivity contribution is -0.131. The topological polar surface area (TPSA) is 62.5 Å². The van der Waals surface area contributed by atoms with E-state index >= 15 is 0 Å². The summed E-state index contributed by atoms with van der Waals surface area (Å²) in [6.07, 6.45) is 4.74. The molecule has 0 bridgehead atoms. The molecule has 2 aliphatic rings. The van der Waals surface area contributed by atoms with E-state index in [0.29, 0.717) is 12.3 Å². The van der Waals surface area contributed by atoms with E-state index in [2.05, 4.69) is 9.88 Å². The first kappa shape index (κ1) is 12.9. The summed E-state index contributed by atoms with van der Waals surface area (Å²) >= 11 is 1.65. The SMILES string of the molecule is NC(CC(=O)N1CCN(c2nccs2)CC1)C1CC1. The predicted octanol–water partition coefficient (Wildman–Crippen LogP) is 0.919. The van der Waals surface area contributed by atoms with Gasteiger partial charge in [-0.2, -0.15) is 0 Å². The number of carbonyl (C=O) groups is 1. The van der Waals surface area contributed by atoms with E-state index in [1.165, 1.54) is 12.8 Å². The fraction of sp³-hybridized carbons (Fsp3) is 0.692. The minimum absolute atomic E-state index is 0.0736. The summed E-state index contributed by atoms with van der Waals surface area (Å²) in [4.78, 5) is 20.7. The average Bonchev–Trinajstić information content (AvgIpc) is 3.14. The Labute approximate surface area is 117 Å². The monoisotopic (exact) mass is 280 g/mol. The molecule has 1 atom stereocenters. The molecule has 2 N–H and O–H groups in total. The van der Waals surface area contributed by atoms with Crippen molar-refractivity contribution < 1.29 is 4.79 Å². The van der Waals surface area contributed by atoms with Crippen molar-refractivity contribution in [1.29, 1.82) is 0 Å². The molecule has 2 fully saturated rings. The van der Waals surface area contributed by atoms with Crippen LogP contribution in [-0.4, -0.2) is 48.0 Å². The molecule has 0 aromatic carbocycles. The lowest BCUT2D eigenvalue weighted by atomic mass is 10.1. The maximum Gasteiger partial charge on any atom is 0.224 e. The zero-order chi connectivity index (χ0) is 13.2. The highest BCUT2D eigenvalue weighted by atomic mass is 32.1. The van der Waals surface area contributed by atoms with Crippen LogP contribution in [0.3, 0.4) is 0 Å². The van der Waals surface area contributed by atoms with Crippen molar-refractivity contribution in [2.24, 2.45) is 11.7 Å². The lowest BCUT2D eigenvalue weighted by Crippen LogP contribution is -2.49. The van der Waals surface area contributed by atoms with E-state index in [1.54, 1.807) is 11.3 Å². The van der Waals surface area contributed by atoms with Gasteiger partial charge in [0.05, 0.1) is 0 Å². The number of nitrogens with zero attached hydrogens (tertiary/aromatic N) is 3. The molecule has 5 nitrogen and oxygen atoms in total. The van der Waals surface area contributed by atoms with E-state index in [1.807, 2.05) is 16.5 Å². The van der Waals surface area contributed by atoms with Gasteiger partial charge in [-0.3, -0.25) is 4.79 Å². The molecule has 1 aromatic rings. The Kier molecular flexibility index (Phi) is 3.70. The smallest absolute Gasteiger partial charge is 0.224 e. The molecular weight excluding hydrogens is 260 g/mol. The van der Waals surface area contributed by atoms with Crippen LogP contribution in [0.2, 0.25) is 0 Å². The highest BCUT2D eigenvalue weighted by molar-refractivity contribution is 7.13. The van der Waals surface area contributed by atoms with Crippen LogP contribution in [0.5, 0.6) is 0 Å². The Morgan fingerprint density at radius 2 is 2.16 bits per heavy atom. The third-order valence-corrected chi connectivity index (χ3v) is 4.79. The number of carbonyl (C=O) groups excluding carboxylic acids is 1. The van der Waals surface area contributed by atoms with E-state index in [9.17, 15) is 4.79 Å². The number of hydrogen-bond donors (Lipinski definition) is 1. The normalized spacial score (nSPS) is 21.5. The molecule has 1 unspecified atom stereocenters. The fourth-order valence-corrected chi connectivity index (χ4v) is 3.24. The van der Waals surface area contributed by atoms with Crippen LogP contribution in [0.25, 0.3) is 0 Å². The van der Waals surface area contributed by atoms with Gasteiger partial charge < -0.3 is 15.5 Å². The molecular formula is C13H20N4OS. The molecule has 0 spiro atoms. The van der Waals surface area contributed by atoms with E-state index < -0.39 is 0 Å². The number of aromatic nitrogens is 1. The van der Waals surface area contributed by atoms with E-state index in [-0.39, 0.29) is 11.9 Å². The molecule has 1 aliphatic carbocycles. The first-order chi connectivity index (χ1) is 9.24. The minimum Gasteiger partial charge on any atom is -0.345 e. The van der Waals surface area contributed by atoms with E-state index in [0.717, 1.165) is 31.3 Å². The Bertz CT molecular complexity index is 424. The van der Waals surface area contributed by atoms with Crippen molar-refractivity contribution >= 4 is 22.4 Å². The minimum atomic E-state index is 0.0736. The Balaban J connectivity index is 1.48. The van der Waals surface area contributed by atoms with Gasteiger partial charge in [-0.1, -0.05) is 0 Å². The van der Waals surface area contributed by atoms with Crippen LogP contribution in [-0.2, 0) is 4.79 Å². The van der Waals surface area contributed by atoms with Crippen molar-refractivity contribution in [3.8, 4) is 0 Å². The summed E-state index contributed by atoms with van der Waals surface area (Å²) in [6.45, 7) is 3.32. The number of rotatable bonds is 4. The number of piperazine rings is 1. The average molecular weight is 280 g/mol. The molecule has 0 radical (unpaired) electrons. The zero-order valence-corrected chi connectivity index (χ0v) is 11.8. The summed E-state index contributed by atoms with van der Waals surface area (Å²) in [5.41, 5.74) is 6.02. The standard InChI is InChI=1S/C13H20N4OS/c14-11(10-1-2-10)9-12(18)16-4-6-17(7-5-16)13-15-3-8-19-13/h3,8,10-11H,1-2,4-7,9,14H2. The van der Waals surface area contributed by atoms with Gasteiger partial charge in [0.1, 0.15) is 0 Å². The van der Waals surface area contributed by atoms with Crippen LogP contribution < -0.4 is 10.6 Å². The first-order valence-corrected chi connectivity index (χ1v) is 7.80. The third kappa shape index (κ3) is 3.06. The van der Waals surface area contributed by atoms with Gasteiger partial charge >= 0.3 is 0 Å². The van der Waals surface area contributed by atoms with Gasteiger partial charge in [-0.05, 0) is 18.8 Å². The fourth-order valence-electron chi connectivity index (χ4n) is 2.54. The van der Waals surface area contributed by atoms with Crippen LogP contribution in [0.4, 0.5) is 5.13 Å². The molecule has 1 amide bonds. The molecule has 104 valence electrons. The first-order valence-electron chi connectivity index (χ1n) is 6.92. The predicted molar refractivity (Wildman–Crippen MR) is 76.2 cm³/mol. The van der Waals surface area contributed by atoms with Crippen molar-refractivity contribution in [3.05, 3.63) is 11.6 Å². The van der Waals surface area contributed by atoms with Crippen LogP contribution >= 0.6 is 11.3 Å². The Hall–Kier alpha value is -1.14. The summed E-state index contributed by atoms with van der Waals surface area (Å²) < 4.78 is 0. The number of amides is 1. The molecule has 19 heavy (non-hydrogen) atoms. The summed E-state index contributed by atoms with van der Waals surface area (Å²) in [7, 11) is 0. The van der Waals surface area contributed by atoms with Crippen LogP contribution in [0.15, 0.2) is 11.6 Å². The van der Waals surface area contributed by atoms with Crippen molar-refractivity contribution in [3.63, 3.8) is 0 Å². The molecule has 6 heteroatoms. The molecule has 1 aliphatic heterocycles. The van der Waals surface area contributed by atoms with Crippen LogP contribution in [0, 0.1) is 5.92 Å². The van der Waals surface area contributed by atoms with Gasteiger partial charge in [0.25, 0.3) is 0 Å². The second-order valence-electron chi connectivity index (χ2n) is 5.39. The van der Waals surface area contributed by atoms with Gasteiger partial charge in [0.15, 0.2) is 5.13 Å². The number of anilines is 1. The second-order valence-corrected chi connectivity index (χ2v) is 6.26. The van der Waals surface area contributed by atoms with E-state index in [4.69, 9.17) is 5.73 Å². The maximum atomic E-state index is 12.1. The van der Waals surface area contributed by atoms with Gasteiger partial charge in [0, 0.05) is 50.2 Å². The number of nitrogens with two attached hydrogens (primary N) is 1. The molecule has 1 aromatic heterocycles. The molecule has 2 heterocycles. The summed E-state index contributed by atoms with van der Waals surface area (Å²) in [5, 5.41) is 3.04. The third-order valence-electron chi connectivity index (χ3n) is 3.96. The highest BCUT2D eigenvalue weighted by Crippen LogP contribution is 2.33.